The smallest absolute Gasteiger partial charge is 0.416 e. The molecule has 0 bridgehead atoms. The van der Waals surface area contributed by atoms with Crippen LogP contribution in [0.15, 0.2) is 12.1 Å². The predicted molar refractivity (Wildman–Crippen MR) is 66.8 cm³/mol. The number of nitrogens with two attached hydrogens (primary N) is 1. The van der Waals surface area contributed by atoms with E-state index in [2.05, 4.69) is 0 Å². The van der Waals surface area contributed by atoms with E-state index in [-0.39, 0.29) is 17.9 Å². The van der Waals surface area contributed by atoms with Crippen molar-refractivity contribution < 1.29 is 22.6 Å². The molecule has 0 spiro atoms. The van der Waals surface area contributed by atoms with Gasteiger partial charge in [0.15, 0.2) is 11.5 Å². The molecule has 2 N–H and O–H groups in total. The Morgan fingerprint density at radius 1 is 1.00 bits per heavy atom. The highest BCUT2D eigenvalue weighted by Gasteiger charge is 2.42. The van der Waals surface area contributed by atoms with Gasteiger partial charge in [-0.3, -0.25) is 0 Å². The highest BCUT2D eigenvalue weighted by atomic mass is 19.4. The number of hydrogen-bond donors (Lipinski definition) is 1. The lowest BCUT2D eigenvalue weighted by atomic mass is 9.85. The second-order valence-corrected chi connectivity index (χ2v) is 5.40. The van der Waals surface area contributed by atoms with Crippen LogP contribution in [-0.2, 0) is 11.7 Å². The number of rotatable bonds is 1. The maximum Gasteiger partial charge on any atom is 0.416 e. The summed E-state index contributed by atoms with van der Waals surface area (Å²) in [5.74, 6) is 0.505. The Labute approximate surface area is 114 Å². The Hall–Kier alpha value is -1.43. The first-order chi connectivity index (χ1) is 9.40. The summed E-state index contributed by atoms with van der Waals surface area (Å²) in [5, 5.41) is 0. The van der Waals surface area contributed by atoms with Gasteiger partial charge >= 0.3 is 6.18 Å². The molecular formula is C14H16F3NO2. The molecule has 0 radical (unpaired) electrons. The van der Waals surface area contributed by atoms with Crippen LogP contribution in [0, 0.1) is 0 Å². The molecule has 3 rings (SSSR count). The van der Waals surface area contributed by atoms with Crippen LogP contribution >= 0.6 is 0 Å². The molecule has 20 heavy (non-hydrogen) atoms. The average molecular weight is 287 g/mol. The molecule has 2 aliphatic rings. The van der Waals surface area contributed by atoms with Crippen molar-refractivity contribution in [2.75, 3.05) is 13.2 Å². The van der Waals surface area contributed by atoms with Gasteiger partial charge in [-0.2, -0.15) is 13.2 Å². The standard InChI is InChI=1S/C14H16F3NO2/c15-14(16,17)10-8-12-11(19-5-6-20-12)7-9(10)13(18)3-1-2-4-13/h7-8H,1-6,18H2. The van der Waals surface area contributed by atoms with E-state index in [0.29, 0.717) is 25.2 Å². The Balaban J connectivity index is 2.15. The zero-order valence-electron chi connectivity index (χ0n) is 10.9. The molecule has 0 aromatic heterocycles. The number of hydrogen-bond acceptors (Lipinski definition) is 3. The van der Waals surface area contributed by atoms with Gasteiger partial charge in [0.05, 0.1) is 5.56 Å². The van der Waals surface area contributed by atoms with Crippen LogP contribution in [0.2, 0.25) is 0 Å². The first-order valence-corrected chi connectivity index (χ1v) is 6.70. The van der Waals surface area contributed by atoms with Crippen molar-refractivity contribution in [1.29, 1.82) is 0 Å². The Morgan fingerprint density at radius 3 is 2.10 bits per heavy atom. The summed E-state index contributed by atoms with van der Waals surface area (Å²) in [6.45, 7) is 0.604. The molecule has 1 aromatic rings. The van der Waals surface area contributed by atoms with Crippen LogP contribution in [0.25, 0.3) is 0 Å². The van der Waals surface area contributed by atoms with E-state index in [0.717, 1.165) is 18.9 Å². The van der Waals surface area contributed by atoms with Crippen molar-refractivity contribution >= 4 is 0 Å². The van der Waals surface area contributed by atoms with Crippen molar-refractivity contribution in [2.24, 2.45) is 5.73 Å². The molecule has 0 saturated heterocycles. The molecule has 0 amide bonds. The van der Waals surface area contributed by atoms with Crippen molar-refractivity contribution in [3.63, 3.8) is 0 Å². The quantitative estimate of drug-likeness (QED) is 0.862. The van der Waals surface area contributed by atoms with Crippen molar-refractivity contribution in [1.82, 2.24) is 0 Å². The molecular weight excluding hydrogens is 271 g/mol. The molecule has 3 nitrogen and oxygen atoms in total. The van der Waals surface area contributed by atoms with Gasteiger partial charge in [0.2, 0.25) is 0 Å². The van der Waals surface area contributed by atoms with Gasteiger partial charge in [0.25, 0.3) is 0 Å². The van der Waals surface area contributed by atoms with Crippen LogP contribution in [0.1, 0.15) is 36.8 Å². The maximum atomic E-state index is 13.3. The van der Waals surface area contributed by atoms with E-state index in [1.54, 1.807) is 0 Å². The lowest BCUT2D eigenvalue weighted by Crippen LogP contribution is -2.36. The minimum atomic E-state index is -4.44. The monoisotopic (exact) mass is 287 g/mol. The first-order valence-electron chi connectivity index (χ1n) is 6.70. The molecule has 110 valence electrons. The molecule has 0 unspecified atom stereocenters. The second-order valence-electron chi connectivity index (χ2n) is 5.40. The Bertz CT molecular complexity index is 522. The fraction of sp³-hybridized carbons (Fsp3) is 0.571. The van der Waals surface area contributed by atoms with E-state index < -0.39 is 17.3 Å². The SMILES string of the molecule is NC1(c2cc3c(cc2C(F)(F)F)OCCO3)CCCC1. The van der Waals surface area contributed by atoms with Gasteiger partial charge in [-0.15, -0.1) is 0 Å². The number of alkyl halides is 3. The topological polar surface area (TPSA) is 44.5 Å². The summed E-state index contributed by atoms with van der Waals surface area (Å²) in [6, 6.07) is 2.44. The lowest BCUT2D eigenvalue weighted by Gasteiger charge is -2.30. The summed E-state index contributed by atoms with van der Waals surface area (Å²) in [4.78, 5) is 0. The average Bonchev–Trinajstić information content (AvgIpc) is 2.84. The van der Waals surface area contributed by atoms with Gasteiger partial charge in [-0.25, -0.2) is 0 Å². The van der Waals surface area contributed by atoms with Crippen LogP contribution < -0.4 is 15.2 Å². The van der Waals surface area contributed by atoms with E-state index in [9.17, 15) is 13.2 Å². The second kappa shape index (κ2) is 4.55. The Kier molecular flexibility index (Phi) is 3.08. The van der Waals surface area contributed by atoms with Crippen LogP contribution in [-0.4, -0.2) is 13.2 Å². The molecule has 1 heterocycles. The van der Waals surface area contributed by atoms with Gasteiger partial charge in [0, 0.05) is 5.54 Å². The van der Waals surface area contributed by atoms with Crippen molar-refractivity contribution in [3.8, 4) is 11.5 Å². The molecule has 1 saturated carbocycles. The van der Waals surface area contributed by atoms with Crippen LogP contribution in [0.3, 0.4) is 0 Å². The van der Waals surface area contributed by atoms with Crippen LogP contribution in [0.5, 0.6) is 11.5 Å². The van der Waals surface area contributed by atoms with Gasteiger partial charge < -0.3 is 15.2 Å². The molecule has 0 atom stereocenters. The zero-order chi connectivity index (χ0) is 14.4. The third kappa shape index (κ3) is 2.22. The fourth-order valence-electron chi connectivity index (χ4n) is 3.01. The minimum Gasteiger partial charge on any atom is -0.486 e. The van der Waals surface area contributed by atoms with E-state index in [1.807, 2.05) is 0 Å². The minimum absolute atomic E-state index is 0.131. The first kappa shape index (κ1) is 13.5. The highest BCUT2D eigenvalue weighted by Crippen LogP contribution is 2.47. The highest BCUT2D eigenvalue weighted by molar-refractivity contribution is 5.51. The van der Waals surface area contributed by atoms with Crippen molar-refractivity contribution in [2.45, 2.75) is 37.4 Å². The van der Waals surface area contributed by atoms with Crippen molar-refractivity contribution in [3.05, 3.63) is 23.3 Å². The maximum absolute atomic E-state index is 13.3. The number of fused-ring (bicyclic) bond motifs is 1. The van der Waals surface area contributed by atoms with E-state index >= 15 is 0 Å². The molecule has 1 aliphatic carbocycles. The van der Waals surface area contributed by atoms with Gasteiger partial charge in [0.1, 0.15) is 13.2 Å². The summed E-state index contributed by atoms with van der Waals surface area (Å²) in [6.07, 6.45) is -1.62. The number of halogens is 3. The Morgan fingerprint density at radius 2 is 1.55 bits per heavy atom. The van der Waals surface area contributed by atoms with Crippen LogP contribution in [0.4, 0.5) is 13.2 Å². The summed E-state index contributed by atoms with van der Waals surface area (Å²) in [5.41, 5.74) is 4.73. The van der Waals surface area contributed by atoms with Gasteiger partial charge in [-0.05, 0) is 30.5 Å². The summed E-state index contributed by atoms with van der Waals surface area (Å²) >= 11 is 0. The summed E-state index contributed by atoms with van der Waals surface area (Å²) < 4.78 is 50.5. The fourth-order valence-corrected chi connectivity index (χ4v) is 3.01. The third-order valence-electron chi connectivity index (χ3n) is 4.02. The van der Waals surface area contributed by atoms with E-state index in [4.69, 9.17) is 15.2 Å². The van der Waals surface area contributed by atoms with E-state index in [1.165, 1.54) is 6.07 Å². The van der Waals surface area contributed by atoms with Gasteiger partial charge in [-0.1, -0.05) is 12.8 Å². The molecule has 1 fully saturated rings. The zero-order valence-corrected chi connectivity index (χ0v) is 10.9. The number of ether oxygens (including phenoxy) is 2. The largest absolute Gasteiger partial charge is 0.486 e. The normalized spacial score (nSPS) is 21.0. The molecule has 1 aliphatic heterocycles. The third-order valence-corrected chi connectivity index (χ3v) is 4.02. The summed E-state index contributed by atoms with van der Waals surface area (Å²) in [7, 11) is 0. The molecule has 1 aromatic carbocycles. The number of benzene rings is 1. The molecule has 6 heteroatoms. The lowest BCUT2D eigenvalue weighted by molar-refractivity contribution is -0.139. The predicted octanol–water partition coefficient (Wildman–Crippen LogP) is 3.20.